The molecule has 1 aliphatic carbocycles. The largest absolute Gasteiger partial charge is 0.284 e. The van der Waals surface area contributed by atoms with Crippen LogP contribution in [0.25, 0.3) is 0 Å². The Bertz CT molecular complexity index is 369. The van der Waals surface area contributed by atoms with Gasteiger partial charge in [0.15, 0.2) is 0 Å². The standard InChI is InChI=1S/C12H18N6/c1-13-7-8(14-2)10(16-4)12(18-6)11(17-5)9(7)15-3/h1-6H3. The van der Waals surface area contributed by atoms with Crippen molar-refractivity contribution in [2.75, 3.05) is 42.3 Å². The van der Waals surface area contributed by atoms with Gasteiger partial charge in [0.2, 0.25) is 0 Å². The summed E-state index contributed by atoms with van der Waals surface area (Å²) in [5, 5.41) is 0. The first kappa shape index (κ1) is 14.1. The van der Waals surface area contributed by atoms with E-state index in [4.69, 9.17) is 0 Å². The van der Waals surface area contributed by atoms with E-state index in [1.807, 2.05) is 0 Å². The van der Waals surface area contributed by atoms with Crippen molar-refractivity contribution in [2.24, 2.45) is 30.0 Å². The second-order valence-electron chi connectivity index (χ2n) is 3.43. The van der Waals surface area contributed by atoms with Gasteiger partial charge in [-0.3, -0.25) is 30.0 Å². The lowest BCUT2D eigenvalue weighted by molar-refractivity contribution is 1.39. The molecule has 0 atom stereocenters. The minimum atomic E-state index is 0.702. The maximum absolute atomic E-state index is 4.26. The lowest BCUT2D eigenvalue weighted by Crippen LogP contribution is -2.50. The van der Waals surface area contributed by atoms with Crippen LogP contribution in [0.1, 0.15) is 0 Å². The Morgan fingerprint density at radius 3 is 0.500 bits per heavy atom. The highest BCUT2D eigenvalue weighted by Gasteiger charge is 2.35. The number of aliphatic imine (C=N–C) groups is 6. The van der Waals surface area contributed by atoms with Gasteiger partial charge >= 0.3 is 0 Å². The van der Waals surface area contributed by atoms with E-state index in [0.29, 0.717) is 34.3 Å². The summed E-state index contributed by atoms with van der Waals surface area (Å²) in [6, 6.07) is 0. The molecule has 0 heterocycles. The third kappa shape index (κ3) is 2.05. The summed E-state index contributed by atoms with van der Waals surface area (Å²) in [5.74, 6) is 0. The van der Waals surface area contributed by atoms with Gasteiger partial charge in [0.25, 0.3) is 0 Å². The van der Waals surface area contributed by atoms with Crippen LogP contribution in [-0.2, 0) is 0 Å². The second-order valence-corrected chi connectivity index (χ2v) is 3.43. The summed E-state index contributed by atoms with van der Waals surface area (Å²) in [5.41, 5.74) is 4.21. The van der Waals surface area contributed by atoms with E-state index < -0.39 is 0 Å². The fourth-order valence-electron chi connectivity index (χ4n) is 1.94. The van der Waals surface area contributed by atoms with Crippen LogP contribution in [0, 0.1) is 0 Å². The van der Waals surface area contributed by atoms with Gasteiger partial charge in [-0.1, -0.05) is 0 Å². The van der Waals surface area contributed by atoms with Crippen molar-refractivity contribution in [1.29, 1.82) is 0 Å². The summed E-state index contributed by atoms with van der Waals surface area (Å²) in [4.78, 5) is 25.5. The van der Waals surface area contributed by atoms with Crippen LogP contribution in [0.15, 0.2) is 30.0 Å². The predicted octanol–water partition coefficient (Wildman–Crippen LogP) is 0.425. The Kier molecular flexibility index (Phi) is 4.76. The minimum Gasteiger partial charge on any atom is -0.284 e. The number of hydrogen-bond donors (Lipinski definition) is 0. The fraction of sp³-hybridized carbons (Fsp3) is 0.500. The van der Waals surface area contributed by atoms with Crippen LogP contribution in [0.3, 0.4) is 0 Å². The Morgan fingerprint density at radius 1 is 0.333 bits per heavy atom. The van der Waals surface area contributed by atoms with Crippen molar-refractivity contribution >= 4 is 34.3 Å². The topological polar surface area (TPSA) is 74.2 Å². The Labute approximate surface area is 107 Å². The molecule has 6 nitrogen and oxygen atoms in total. The van der Waals surface area contributed by atoms with E-state index in [1.54, 1.807) is 42.3 Å². The van der Waals surface area contributed by atoms with Crippen molar-refractivity contribution < 1.29 is 0 Å². The number of nitrogens with zero attached hydrogens (tertiary/aromatic N) is 6. The molecule has 1 aliphatic rings. The quantitative estimate of drug-likeness (QED) is 0.594. The molecule has 1 rings (SSSR count). The normalized spacial score (nSPS) is 15.7. The van der Waals surface area contributed by atoms with E-state index >= 15 is 0 Å². The third-order valence-electron chi connectivity index (χ3n) is 2.69. The van der Waals surface area contributed by atoms with Gasteiger partial charge in [-0.05, 0) is 0 Å². The molecule has 1 fully saturated rings. The minimum absolute atomic E-state index is 0.702. The van der Waals surface area contributed by atoms with Crippen LogP contribution in [0.2, 0.25) is 0 Å². The lowest BCUT2D eigenvalue weighted by Gasteiger charge is -2.22. The lowest BCUT2D eigenvalue weighted by atomic mass is 9.88. The highest BCUT2D eigenvalue weighted by Crippen LogP contribution is 2.08. The summed E-state index contributed by atoms with van der Waals surface area (Å²) < 4.78 is 0. The van der Waals surface area contributed by atoms with Gasteiger partial charge < -0.3 is 0 Å². The molecular weight excluding hydrogens is 228 g/mol. The van der Waals surface area contributed by atoms with Crippen molar-refractivity contribution in [2.45, 2.75) is 0 Å². The molecule has 0 amide bonds. The number of hydrogen-bond acceptors (Lipinski definition) is 6. The molecule has 0 aromatic rings. The van der Waals surface area contributed by atoms with E-state index in [-0.39, 0.29) is 0 Å². The number of rotatable bonds is 0. The highest BCUT2D eigenvalue weighted by molar-refractivity contribution is 7.12. The molecule has 0 aliphatic heterocycles. The molecule has 0 bridgehead atoms. The van der Waals surface area contributed by atoms with Gasteiger partial charge in [-0.15, -0.1) is 0 Å². The first-order chi connectivity index (χ1) is 8.69. The van der Waals surface area contributed by atoms with E-state index in [9.17, 15) is 0 Å². The van der Waals surface area contributed by atoms with Gasteiger partial charge in [0, 0.05) is 42.3 Å². The highest BCUT2D eigenvalue weighted by atomic mass is 14.9. The molecule has 0 unspecified atom stereocenters. The first-order valence-electron chi connectivity index (χ1n) is 5.52. The maximum Gasteiger partial charge on any atom is 0.112 e. The van der Waals surface area contributed by atoms with Gasteiger partial charge in [-0.2, -0.15) is 0 Å². The van der Waals surface area contributed by atoms with Crippen molar-refractivity contribution in [3.8, 4) is 0 Å². The Morgan fingerprint density at radius 2 is 0.444 bits per heavy atom. The molecule has 96 valence electrons. The molecule has 0 radical (unpaired) electrons. The molecule has 6 heteroatoms. The fourth-order valence-corrected chi connectivity index (χ4v) is 1.94. The Balaban J connectivity index is 3.67. The zero-order valence-electron chi connectivity index (χ0n) is 11.7. The average Bonchev–Trinajstić information content (AvgIpc) is 2.43. The SMILES string of the molecule is CN=C1C(=NC)C(=NC)C(=NC)C(=NC)C1=NC. The molecule has 1 saturated carbocycles. The molecule has 0 saturated heterocycles. The van der Waals surface area contributed by atoms with Crippen LogP contribution in [0.5, 0.6) is 0 Å². The van der Waals surface area contributed by atoms with E-state index in [0.717, 1.165) is 0 Å². The Hall–Kier alpha value is -1.98. The summed E-state index contributed by atoms with van der Waals surface area (Å²) in [7, 11) is 10.3. The van der Waals surface area contributed by atoms with Crippen molar-refractivity contribution in [1.82, 2.24) is 0 Å². The summed E-state index contributed by atoms with van der Waals surface area (Å²) in [6.45, 7) is 0. The van der Waals surface area contributed by atoms with Crippen molar-refractivity contribution in [3.63, 3.8) is 0 Å². The van der Waals surface area contributed by atoms with Crippen LogP contribution >= 0.6 is 0 Å². The maximum atomic E-state index is 4.26. The second kappa shape index (κ2) is 6.09. The van der Waals surface area contributed by atoms with Gasteiger partial charge in [0.05, 0.1) is 0 Å². The summed E-state index contributed by atoms with van der Waals surface area (Å²) in [6.07, 6.45) is 0. The summed E-state index contributed by atoms with van der Waals surface area (Å²) >= 11 is 0. The van der Waals surface area contributed by atoms with Gasteiger partial charge in [-0.25, -0.2) is 0 Å². The molecular formula is C12H18N6. The van der Waals surface area contributed by atoms with Gasteiger partial charge in [0.1, 0.15) is 34.3 Å². The van der Waals surface area contributed by atoms with E-state index in [1.165, 1.54) is 0 Å². The van der Waals surface area contributed by atoms with Crippen LogP contribution in [-0.4, -0.2) is 76.6 Å². The predicted molar refractivity (Wildman–Crippen MR) is 80.2 cm³/mol. The zero-order valence-corrected chi connectivity index (χ0v) is 11.7. The third-order valence-corrected chi connectivity index (χ3v) is 2.69. The first-order valence-corrected chi connectivity index (χ1v) is 5.52. The molecule has 0 spiro atoms. The monoisotopic (exact) mass is 246 g/mol. The molecule has 0 N–H and O–H groups in total. The smallest absolute Gasteiger partial charge is 0.112 e. The molecule has 0 aromatic heterocycles. The van der Waals surface area contributed by atoms with Crippen LogP contribution < -0.4 is 0 Å². The average molecular weight is 246 g/mol. The molecule has 18 heavy (non-hydrogen) atoms. The van der Waals surface area contributed by atoms with Crippen molar-refractivity contribution in [3.05, 3.63) is 0 Å². The molecule has 0 aromatic carbocycles. The van der Waals surface area contributed by atoms with Crippen LogP contribution in [0.4, 0.5) is 0 Å². The zero-order chi connectivity index (χ0) is 13.7. The van der Waals surface area contributed by atoms with E-state index in [2.05, 4.69) is 30.0 Å².